The van der Waals surface area contributed by atoms with Gasteiger partial charge in [0.1, 0.15) is 23.8 Å². The zero-order valence-corrected chi connectivity index (χ0v) is 11.6. The number of aliphatic hydroxyl groups excluding tert-OH is 1. The van der Waals surface area contributed by atoms with Gasteiger partial charge in [-0.25, -0.2) is 0 Å². The highest BCUT2D eigenvalue weighted by atomic mass is 16.2. The van der Waals surface area contributed by atoms with Crippen LogP contribution in [0.25, 0.3) is 0 Å². The number of unbranched alkanes of at least 4 members (excludes halogenated alkanes) is 1. The molecular formula is C14H18N4O. The fourth-order valence-corrected chi connectivity index (χ4v) is 1.57. The van der Waals surface area contributed by atoms with E-state index < -0.39 is 0 Å². The maximum atomic E-state index is 9.20. The summed E-state index contributed by atoms with van der Waals surface area (Å²) in [5, 5.41) is 35.6. The Morgan fingerprint density at radius 2 is 1.63 bits per heavy atom. The quantitative estimate of drug-likeness (QED) is 0.445. The molecule has 0 aromatic heterocycles. The van der Waals surface area contributed by atoms with Crippen molar-refractivity contribution in [2.75, 3.05) is 20.2 Å². The number of rotatable bonds is 6. The highest BCUT2D eigenvalue weighted by Gasteiger charge is 2.12. The average molecular weight is 258 g/mol. The van der Waals surface area contributed by atoms with Crippen molar-refractivity contribution in [2.24, 2.45) is 0 Å². The molecule has 0 atom stereocenters. The van der Waals surface area contributed by atoms with Gasteiger partial charge < -0.3 is 10.0 Å². The standard InChI is InChI=1S/C14H18N4O/c1-11(13(8-15)9-16)14(10-17)12(2)18(3)6-4-5-7-19/h19H,4-7H2,1-3H3/b14-12+. The van der Waals surface area contributed by atoms with Crippen LogP contribution < -0.4 is 0 Å². The Labute approximate surface area is 114 Å². The van der Waals surface area contributed by atoms with Crippen LogP contribution >= 0.6 is 0 Å². The van der Waals surface area contributed by atoms with Gasteiger partial charge >= 0.3 is 0 Å². The molecule has 19 heavy (non-hydrogen) atoms. The summed E-state index contributed by atoms with van der Waals surface area (Å²) in [6.45, 7) is 4.24. The van der Waals surface area contributed by atoms with E-state index in [1.165, 1.54) is 0 Å². The second-order valence-electron chi connectivity index (χ2n) is 4.15. The van der Waals surface area contributed by atoms with Gasteiger partial charge in [0.25, 0.3) is 0 Å². The predicted octanol–water partition coefficient (Wildman–Crippen LogP) is 1.85. The van der Waals surface area contributed by atoms with Crippen molar-refractivity contribution in [1.82, 2.24) is 4.90 Å². The van der Waals surface area contributed by atoms with Crippen LogP contribution in [0.15, 0.2) is 22.4 Å². The molecule has 0 aliphatic carbocycles. The van der Waals surface area contributed by atoms with Gasteiger partial charge in [-0.2, -0.15) is 15.8 Å². The van der Waals surface area contributed by atoms with Crippen LogP contribution in [0, 0.1) is 34.0 Å². The van der Waals surface area contributed by atoms with Crippen LogP contribution in [0.3, 0.4) is 0 Å². The Kier molecular flexibility index (Phi) is 7.70. The van der Waals surface area contributed by atoms with Gasteiger partial charge in [0.05, 0.1) is 5.57 Å². The van der Waals surface area contributed by atoms with E-state index in [0.717, 1.165) is 12.1 Å². The summed E-state index contributed by atoms with van der Waals surface area (Å²) in [5.74, 6) is 0. The van der Waals surface area contributed by atoms with Crippen LogP contribution in [0.2, 0.25) is 0 Å². The molecular weight excluding hydrogens is 240 g/mol. The lowest BCUT2D eigenvalue weighted by Gasteiger charge is -2.21. The Hall–Kier alpha value is -2.29. The second kappa shape index (κ2) is 8.75. The summed E-state index contributed by atoms with van der Waals surface area (Å²) in [5.41, 5.74) is 1.43. The molecule has 0 aliphatic heterocycles. The first-order chi connectivity index (χ1) is 9.03. The molecule has 5 heteroatoms. The fraction of sp³-hybridized carbons (Fsp3) is 0.500. The number of nitriles is 3. The summed E-state index contributed by atoms with van der Waals surface area (Å²) >= 11 is 0. The molecule has 0 radical (unpaired) electrons. The fourth-order valence-electron chi connectivity index (χ4n) is 1.57. The van der Waals surface area contributed by atoms with Gasteiger partial charge in [-0.1, -0.05) is 0 Å². The largest absolute Gasteiger partial charge is 0.396 e. The molecule has 1 N–H and O–H groups in total. The molecule has 0 aromatic rings. The van der Waals surface area contributed by atoms with Gasteiger partial charge in [0, 0.05) is 25.9 Å². The average Bonchev–Trinajstić information content (AvgIpc) is 2.41. The number of nitrogens with zero attached hydrogens (tertiary/aromatic N) is 4. The first kappa shape index (κ1) is 16.7. The van der Waals surface area contributed by atoms with Gasteiger partial charge in [0.15, 0.2) is 0 Å². The van der Waals surface area contributed by atoms with E-state index in [1.807, 2.05) is 11.9 Å². The topological polar surface area (TPSA) is 94.8 Å². The summed E-state index contributed by atoms with van der Waals surface area (Å²) < 4.78 is 0. The minimum Gasteiger partial charge on any atom is -0.396 e. The Morgan fingerprint density at radius 3 is 2.05 bits per heavy atom. The van der Waals surface area contributed by atoms with Crippen LogP contribution in [-0.4, -0.2) is 30.2 Å². The van der Waals surface area contributed by atoms with Crippen LogP contribution in [0.1, 0.15) is 26.7 Å². The van der Waals surface area contributed by atoms with Gasteiger partial charge in [0.2, 0.25) is 0 Å². The maximum Gasteiger partial charge on any atom is 0.133 e. The zero-order valence-electron chi connectivity index (χ0n) is 11.6. The normalized spacial score (nSPS) is 10.6. The second-order valence-corrected chi connectivity index (χ2v) is 4.15. The van der Waals surface area contributed by atoms with Gasteiger partial charge in [-0.05, 0) is 32.3 Å². The predicted molar refractivity (Wildman–Crippen MR) is 71.2 cm³/mol. The third kappa shape index (κ3) is 4.84. The molecule has 0 fully saturated rings. The van der Waals surface area contributed by atoms with Crippen molar-refractivity contribution in [3.05, 3.63) is 22.4 Å². The highest BCUT2D eigenvalue weighted by molar-refractivity contribution is 5.54. The monoisotopic (exact) mass is 258 g/mol. The summed E-state index contributed by atoms with van der Waals surface area (Å²) in [6, 6.07) is 5.64. The molecule has 0 aromatic carbocycles. The van der Waals surface area contributed by atoms with Crippen molar-refractivity contribution in [3.63, 3.8) is 0 Å². The molecule has 0 saturated carbocycles. The molecule has 5 nitrogen and oxygen atoms in total. The van der Waals surface area contributed by atoms with Crippen molar-refractivity contribution < 1.29 is 5.11 Å². The van der Waals surface area contributed by atoms with Gasteiger partial charge in [-0.3, -0.25) is 0 Å². The van der Waals surface area contributed by atoms with Crippen LogP contribution in [0.5, 0.6) is 0 Å². The van der Waals surface area contributed by atoms with E-state index in [9.17, 15) is 5.26 Å². The molecule has 0 aliphatic rings. The molecule has 0 bridgehead atoms. The molecule has 0 saturated heterocycles. The summed E-state index contributed by atoms with van der Waals surface area (Å²) in [6.07, 6.45) is 1.52. The first-order valence-electron chi connectivity index (χ1n) is 5.97. The number of hydrogen-bond donors (Lipinski definition) is 1. The van der Waals surface area contributed by atoms with Crippen molar-refractivity contribution >= 4 is 0 Å². The van der Waals surface area contributed by atoms with Crippen molar-refractivity contribution in [2.45, 2.75) is 26.7 Å². The number of allylic oxidation sites excluding steroid dienone is 4. The third-order valence-electron chi connectivity index (χ3n) is 2.92. The van der Waals surface area contributed by atoms with E-state index >= 15 is 0 Å². The van der Waals surface area contributed by atoms with Crippen molar-refractivity contribution in [1.29, 1.82) is 15.8 Å². The SMILES string of the molecule is CC(=C(C#N)C#N)/C(C#N)=C(\C)N(C)CCCCO. The van der Waals surface area contributed by atoms with E-state index in [4.69, 9.17) is 15.6 Å². The van der Waals surface area contributed by atoms with Gasteiger partial charge in [-0.15, -0.1) is 0 Å². The van der Waals surface area contributed by atoms with Crippen molar-refractivity contribution in [3.8, 4) is 18.2 Å². The smallest absolute Gasteiger partial charge is 0.133 e. The van der Waals surface area contributed by atoms with Crippen LogP contribution in [0.4, 0.5) is 0 Å². The first-order valence-corrected chi connectivity index (χ1v) is 5.97. The Bertz CT molecular complexity index is 481. The van der Waals surface area contributed by atoms with E-state index in [0.29, 0.717) is 24.1 Å². The lowest BCUT2D eigenvalue weighted by atomic mass is 10.0. The van der Waals surface area contributed by atoms with E-state index in [1.54, 1.807) is 26.0 Å². The van der Waals surface area contributed by atoms with Crippen LogP contribution in [-0.2, 0) is 0 Å². The Morgan fingerprint density at radius 1 is 1.05 bits per heavy atom. The minimum absolute atomic E-state index is 0.0420. The molecule has 0 unspecified atom stereocenters. The molecule has 0 rings (SSSR count). The zero-order chi connectivity index (χ0) is 14.8. The van der Waals surface area contributed by atoms with E-state index in [-0.39, 0.29) is 12.2 Å². The molecule has 100 valence electrons. The maximum absolute atomic E-state index is 9.20. The molecule has 0 amide bonds. The lowest BCUT2D eigenvalue weighted by Crippen LogP contribution is -2.19. The molecule has 0 heterocycles. The highest BCUT2D eigenvalue weighted by Crippen LogP contribution is 2.19. The number of hydrogen-bond acceptors (Lipinski definition) is 5. The molecule has 0 spiro atoms. The minimum atomic E-state index is -0.0420. The van der Waals surface area contributed by atoms with E-state index in [2.05, 4.69) is 6.07 Å². The number of aliphatic hydroxyl groups is 1. The lowest BCUT2D eigenvalue weighted by molar-refractivity contribution is 0.274. The third-order valence-corrected chi connectivity index (χ3v) is 2.92. The summed E-state index contributed by atoms with van der Waals surface area (Å²) in [7, 11) is 1.84. The summed E-state index contributed by atoms with van der Waals surface area (Å²) in [4.78, 5) is 1.89. The Balaban J connectivity index is 5.29.